The topological polar surface area (TPSA) is 49.3 Å². The molecule has 104 valence electrons. The van der Waals surface area contributed by atoms with Crippen LogP contribution in [0.1, 0.15) is 49.9 Å². The maximum Gasteiger partial charge on any atom is 0.335 e. The number of hydrogen-bond acceptors (Lipinski definition) is 2. The summed E-state index contributed by atoms with van der Waals surface area (Å²) in [7, 11) is 0. The smallest absolute Gasteiger partial charge is 0.335 e. The first-order chi connectivity index (χ1) is 8.90. The minimum absolute atomic E-state index is 0.101. The maximum atomic E-state index is 13.8. The van der Waals surface area contributed by atoms with Crippen molar-refractivity contribution in [3.05, 3.63) is 29.6 Å². The number of carbonyl (C=O) groups is 1. The second-order valence-corrected chi connectivity index (χ2v) is 5.93. The van der Waals surface area contributed by atoms with Crippen LogP contribution in [0.15, 0.2) is 18.2 Å². The number of nitrogens with one attached hydrogen (secondary N) is 1. The molecule has 0 bridgehead atoms. The highest BCUT2D eigenvalue weighted by atomic mass is 19.1. The van der Waals surface area contributed by atoms with Crippen LogP contribution < -0.4 is 5.32 Å². The van der Waals surface area contributed by atoms with E-state index >= 15 is 0 Å². The van der Waals surface area contributed by atoms with Crippen LogP contribution in [0.2, 0.25) is 0 Å². The highest BCUT2D eigenvalue weighted by molar-refractivity contribution is 5.88. The largest absolute Gasteiger partial charge is 0.478 e. The summed E-state index contributed by atoms with van der Waals surface area (Å²) in [6, 6.07) is 4.05. The van der Waals surface area contributed by atoms with Gasteiger partial charge in [0.1, 0.15) is 5.82 Å². The van der Waals surface area contributed by atoms with Gasteiger partial charge in [-0.05, 0) is 36.5 Å². The number of halogens is 1. The molecule has 1 aromatic rings. The number of hydrogen-bond donors (Lipinski definition) is 2. The Bertz CT molecular complexity index is 485. The van der Waals surface area contributed by atoms with Gasteiger partial charge in [-0.3, -0.25) is 0 Å². The summed E-state index contributed by atoms with van der Waals surface area (Å²) in [6.07, 6.45) is 4.42. The second-order valence-electron chi connectivity index (χ2n) is 5.93. The van der Waals surface area contributed by atoms with Crippen LogP contribution in [0, 0.1) is 11.2 Å². The highest BCUT2D eigenvalue weighted by Crippen LogP contribution is 2.37. The van der Waals surface area contributed by atoms with E-state index in [1.54, 1.807) is 0 Å². The molecule has 1 aliphatic rings. The fourth-order valence-electron chi connectivity index (χ4n) is 2.72. The summed E-state index contributed by atoms with van der Waals surface area (Å²) in [4.78, 5) is 10.9. The van der Waals surface area contributed by atoms with Gasteiger partial charge in [0.15, 0.2) is 0 Å². The molecule has 1 saturated carbocycles. The third-order valence-corrected chi connectivity index (χ3v) is 4.05. The molecule has 0 saturated heterocycles. The Hall–Kier alpha value is -1.58. The van der Waals surface area contributed by atoms with Crippen molar-refractivity contribution in [2.45, 2.75) is 45.6 Å². The van der Waals surface area contributed by atoms with Gasteiger partial charge in [-0.1, -0.05) is 26.7 Å². The zero-order valence-corrected chi connectivity index (χ0v) is 11.4. The van der Waals surface area contributed by atoms with E-state index in [-0.39, 0.29) is 17.0 Å². The lowest BCUT2D eigenvalue weighted by atomic mass is 9.73. The first kappa shape index (κ1) is 13.8. The molecule has 4 heteroatoms. The predicted octanol–water partition coefficient (Wildman–Crippen LogP) is 3.90. The molecule has 3 nitrogen and oxygen atoms in total. The van der Waals surface area contributed by atoms with Crippen molar-refractivity contribution in [1.29, 1.82) is 0 Å². The van der Waals surface area contributed by atoms with E-state index < -0.39 is 11.8 Å². The van der Waals surface area contributed by atoms with E-state index in [9.17, 15) is 9.18 Å². The first-order valence-corrected chi connectivity index (χ1v) is 6.69. The minimum Gasteiger partial charge on any atom is -0.478 e. The summed E-state index contributed by atoms with van der Waals surface area (Å²) >= 11 is 0. The zero-order chi connectivity index (χ0) is 14.0. The first-order valence-electron chi connectivity index (χ1n) is 6.69. The SMILES string of the molecule is CC1(C)CCCCC1Nc1cc(C(=O)O)ccc1F. The van der Waals surface area contributed by atoms with Crippen LogP contribution in [0.25, 0.3) is 0 Å². The lowest BCUT2D eigenvalue weighted by Gasteiger charge is -2.39. The second kappa shape index (κ2) is 5.19. The van der Waals surface area contributed by atoms with E-state index in [4.69, 9.17) is 5.11 Å². The Labute approximate surface area is 112 Å². The normalized spacial score (nSPS) is 21.9. The Balaban J connectivity index is 2.22. The third-order valence-electron chi connectivity index (χ3n) is 4.05. The molecular formula is C15H20FNO2. The lowest BCUT2D eigenvalue weighted by molar-refractivity contribution is 0.0697. The zero-order valence-electron chi connectivity index (χ0n) is 11.4. The van der Waals surface area contributed by atoms with Crippen LogP contribution in [-0.4, -0.2) is 17.1 Å². The van der Waals surface area contributed by atoms with E-state index in [1.807, 2.05) is 0 Å². The van der Waals surface area contributed by atoms with Crippen molar-refractivity contribution in [2.24, 2.45) is 5.41 Å². The Morgan fingerprint density at radius 2 is 2.16 bits per heavy atom. The molecule has 0 spiro atoms. The number of carboxylic acid groups (broad SMARTS) is 1. The average Bonchev–Trinajstić information content (AvgIpc) is 2.34. The Morgan fingerprint density at radius 1 is 1.42 bits per heavy atom. The van der Waals surface area contributed by atoms with Crippen molar-refractivity contribution >= 4 is 11.7 Å². The molecule has 0 radical (unpaired) electrons. The van der Waals surface area contributed by atoms with Crippen molar-refractivity contribution in [2.75, 3.05) is 5.32 Å². The van der Waals surface area contributed by atoms with Gasteiger partial charge in [-0.25, -0.2) is 9.18 Å². The minimum atomic E-state index is -1.04. The van der Waals surface area contributed by atoms with E-state index in [1.165, 1.54) is 24.6 Å². The monoisotopic (exact) mass is 265 g/mol. The fourth-order valence-corrected chi connectivity index (χ4v) is 2.72. The number of anilines is 1. The summed E-state index contributed by atoms with van der Waals surface area (Å²) < 4.78 is 13.8. The van der Waals surface area contributed by atoms with Crippen molar-refractivity contribution in [3.63, 3.8) is 0 Å². The van der Waals surface area contributed by atoms with Crippen LogP contribution in [0.3, 0.4) is 0 Å². The standard InChI is InChI=1S/C15H20FNO2/c1-15(2)8-4-3-5-13(15)17-12-9-10(14(18)19)6-7-11(12)16/h6-7,9,13,17H,3-5,8H2,1-2H3,(H,18,19). The number of aromatic carboxylic acids is 1. The van der Waals surface area contributed by atoms with E-state index in [2.05, 4.69) is 19.2 Å². The van der Waals surface area contributed by atoms with E-state index in [0.717, 1.165) is 19.3 Å². The molecule has 19 heavy (non-hydrogen) atoms. The van der Waals surface area contributed by atoms with Gasteiger partial charge >= 0.3 is 5.97 Å². The molecule has 0 amide bonds. The Kier molecular flexibility index (Phi) is 3.78. The third kappa shape index (κ3) is 3.06. The maximum absolute atomic E-state index is 13.8. The van der Waals surface area contributed by atoms with Gasteiger partial charge in [0, 0.05) is 6.04 Å². The van der Waals surface area contributed by atoms with Gasteiger partial charge in [-0.2, -0.15) is 0 Å². The Morgan fingerprint density at radius 3 is 2.79 bits per heavy atom. The number of benzene rings is 1. The fraction of sp³-hybridized carbons (Fsp3) is 0.533. The van der Waals surface area contributed by atoms with Crippen molar-refractivity contribution in [3.8, 4) is 0 Å². The summed E-state index contributed by atoms with van der Waals surface area (Å²) in [6.45, 7) is 4.34. The van der Waals surface area contributed by atoms with Crippen molar-refractivity contribution in [1.82, 2.24) is 0 Å². The number of carboxylic acids is 1. The molecule has 1 unspecified atom stereocenters. The van der Waals surface area contributed by atoms with Crippen LogP contribution in [-0.2, 0) is 0 Å². The molecule has 0 heterocycles. The molecule has 0 aliphatic heterocycles. The molecule has 1 aliphatic carbocycles. The molecule has 2 rings (SSSR count). The molecule has 1 aromatic carbocycles. The van der Waals surface area contributed by atoms with Crippen molar-refractivity contribution < 1.29 is 14.3 Å². The molecule has 0 aromatic heterocycles. The summed E-state index contributed by atoms with van der Waals surface area (Å²) in [5, 5.41) is 12.2. The lowest BCUT2D eigenvalue weighted by Crippen LogP contribution is -2.39. The van der Waals surface area contributed by atoms with Gasteiger partial charge in [0.05, 0.1) is 11.3 Å². The van der Waals surface area contributed by atoms with Crippen LogP contribution >= 0.6 is 0 Å². The van der Waals surface area contributed by atoms with Crippen LogP contribution in [0.4, 0.5) is 10.1 Å². The summed E-state index contributed by atoms with van der Waals surface area (Å²) in [5.41, 5.74) is 0.501. The van der Waals surface area contributed by atoms with Gasteiger partial charge in [-0.15, -0.1) is 0 Å². The van der Waals surface area contributed by atoms with Gasteiger partial charge < -0.3 is 10.4 Å². The van der Waals surface area contributed by atoms with Gasteiger partial charge in [0.25, 0.3) is 0 Å². The molecular weight excluding hydrogens is 245 g/mol. The number of rotatable bonds is 3. The highest BCUT2D eigenvalue weighted by Gasteiger charge is 2.32. The molecule has 1 atom stereocenters. The average molecular weight is 265 g/mol. The summed E-state index contributed by atoms with van der Waals surface area (Å²) in [5.74, 6) is -1.43. The van der Waals surface area contributed by atoms with Crippen LogP contribution in [0.5, 0.6) is 0 Å². The predicted molar refractivity (Wildman–Crippen MR) is 73.0 cm³/mol. The quantitative estimate of drug-likeness (QED) is 0.871. The molecule has 1 fully saturated rings. The van der Waals surface area contributed by atoms with E-state index in [0.29, 0.717) is 5.69 Å². The van der Waals surface area contributed by atoms with Gasteiger partial charge in [0.2, 0.25) is 0 Å². The molecule has 2 N–H and O–H groups in total.